The van der Waals surface area contributed by atoms with E-state index in [1.807, 2.05) is 0 Å². The standard InChI is InChI=1S/C20H16F3N3O3/c21-20(22,23)13-4-3-5-14(10-13)29-12-18(27)25-9-7-16-15(11-25)19(28)26-8-2-1-6-17(26)24-16/h1-6,8,10H,7,9,11-12H2. The normalized spacial score (nSPS) is 14.0. The number of benzene rings is 1. The Morgan fingerprint density at radius 3 is 2.79 bits per heavy atom. The average molecular weight is 403 g/mol. The quantitative estimate of drug-likeness (QED) is 0.675. The van der Waals surface area contributed by atoms with Crippen LogP contribution >= 0.6 is 0 Å². The molecule has 0 atom stereocenters. The lowest BCUT2D eigenvalue weighted by atomic mass is 10.1. The van der Waals surface area contributed by atoms with Gasteiger partial charge >= 0.3 is 6.18 Å². The Morgan fingerprint density at radius 2 is 2.00 bits per heavy atom. The first kappa shape index (κ1) is 19.0. The van der Waals surface area contributed by atoms with Crippen LogP contribution in [0.25, 0.3) is 5.65 Å². The number of aromatic nitrogens is 2. The lowest BCUT2D eigenvalue weighted by Crippen LogP contribution is -2.42. The van der Waals surface area contributed by atoms with Crippen molar-refractivity contribution >= 4 is 11.6 Å². The highest BCUT2D eigenvalue weighted by Crippen LogP contribution is 2.31. The molecule has 0 N–H and O–H groups in total. The molecule has 1 amide bonds. The molecule has 150 valence electrons. The lowest BCUT2D eigenvalue weighted by molar-refractivity contribution is -0.137. The van der Waals surface area contributed by atoms with Gasteiger partial charge in [0.15, 0.2) is 6.61 Å². The summed E-state index contributed by atoms with van der Waals surface area (Å²) in [6, 6.07) is 9.60. The molecule has 0 saturated carbocycles. The van der Waals surface area contributed by atoms with Crippen LogP contribution in [0, 0.1) is 0 Å². The maximum atomic E-state index is 12.8. The van der Waals surface area contributed by atoms with Crippen LogP contribution in [0.2, 0.25) is 0 Å². The number of alkyl halides is 3. The summed E-state index contributed by atoms with van der Waals surface area (Å²) < 4.78 is 45.0. The van der Waals surface area contributed by atoms with Gasteiger partial charge in [-0.1, -0.05) is 12.1 Å². The number of hydrogen-bond acceptors (Lipinski definition) is 4. The van der Waals surface area contributed by atoms with E-state index < -0.39 is 24.3 Å². The molecule has 4 rings (SSSR count). The number of carbonyl (C=O) groups is 1. The van der Waals surface area contributed by atoms with Crippen molar-refractivity contribution < 1.29 is 22.7 Å². The van der Waals surface area contributed by atoms with Crippen LogP contribution in [-0.2, 0) is 23.9 Å². The van der Waals surface area contributed by atoms with Crippen LogP contribution in [0.5, 0.6) is 5.75 Å². The Hall–Kier alpha value is -3.36. The summed E-state index contributed by atoms with van der Waals surface area (Å²) in [6.07, 6.45) is -2.45. The Bertz CT molecular complexity index is 1140. The molecule has 2 aromatic heterocycles. The van der Waals surface area contributed by atoms with Crippen molar-refractivity contribution in [3.63, 3.8) is 0 Å². The maximum absolute atomic E-state index is 12.8. The first-order chi connectivity index (χ1) is 13.8. The summed E-state index contributed by atoms with van der Waals surface area (Å²) in [5.74, 6) is -0.455. The minimum absolute atomic E-state index is 0.0432. The van der Waals surface area contributed by atoms with Gasteiger partial charge in [0.25, 0.3) is 11.5 Å². The summed E-state index contributed by atoms with van der Waals surface area (Å²) >= 11 is 0. The van der Waals surface area contributed by atoms with Crippen LogP contribution < -0.4 is 10.3 Å². The molecule has 0 unspecified atom stereocenters. The van der Waals surface area contributed by atoms with Gasteiger partial charge in [-0.25, -0.2) is 4.98 Å². The van der Waals surface area contributed by atoms with Crippen LogP contribution in [0.3, 0.4) is 0 Å². The first-order valence-corrected chi connectivity index (χ1v) is 8.90. The van der Waals surface area contributed by atoms with Crippen molar-refractivity contribution in [2.24, 2.45) is 0 Å². The molecule has 6 nitrogen and oxygen atoms in total. The molecule has 29 heavy (non-hydrogen) atoms. The Kier molecular flexibility index (Phi) is 4.73. The molecule has 9 heteroatoms. The monoisotopic (exact) mass is 403 g/mol. The minimum atomic E-state index is -4.49. The fourth-order valence-corrected chi connectivity index (χ4v) is 3.26. The van der Waals surface area contributed by atoms with Gasteiger partial charge in [0.2, 0.25) is 0 Å². The van der Waals surface area contributed by atoms with Crippen LogP contribution in [0.15, 0.2) is 53.5 Å². The second-order valence-electron chi connectivity index (χ2n) is 6.65. The summed E-state index contributed by atoms with van der Waals surface area (Å²) in [5.41, 5.74) is 0.558. The smallest absolute Gasteiger partial charge is 0.416 e. The third-order valence-corrected chi connectivity index (χ3v) is 4.76. The molecule has 0 fully saturated rings. The Morgan fingerprint density at radius 1 is 1.17 bits per heavy atom. The number of ether oxygens (including phenoxy) is 1. The number of rotatable bonds is 3. The first-order valence-electron chi connectivity index (χ1n) is 8.90. The lowest BCUT2D eigenvalue weighted by Gasteiger charge is -2.28. The highest BCUT2D eigenvalue weighted by Gasteiger charge is 2.31. The van der Waals surface area contributed by atoms with Gasteiger partial charge in [-0.05, 0) is 30.3 Å². The Labute approximate surface area is 163 Å². The van der Waals surface area contributed by atoms with Gasteiger partial charge in [-0.15, -0.1) is 0 Å². The zero-order valence-electron chi connectivity index (χ0n) is 15.1. The number of halogens is 3. The predicted octanol–water partition coefficient (Wildman–Crippen LogP) is 2.68. The summed E-state index contributed by atoms with van der Waals surface area (Å²) in [5, 5.41) is 0. The van der Waals surface area contributed by atoms with Crippen molar-refractivity contribution in [1.29, 1.82) is 0 Å². The minimum Gasteiger partial charge on any atom is -0.484 e. The highest BCUT2D eigenvalue weighted by atomic mass is 19.4. The van der Waals surface area contributed by atoms with Crippen molar-refractivity contribution in [3.8, 4) is 5.75 Å². The second kappa shape index (κ2) is 7.23. The van der Waals surface area contributed by atoms with E-state index in [4.69, 9.17) is 4.74 Å². The average Bonchev–Trinajstić information content (AvgIpc) is 2.71. The van der Waals surface area contributed by atoms with E-state index in [-0.39, 0.29) is 17.9 Å². The van der Waals surface area contributed by atoms with E-state index in [1.54, 1.807) is 24.4 Å². The number of carbonyl (C=O) groups excluding carboxylic acids is 1. The van der Waals surface area contributed by atoms with Crippen molar-refractivity contribution in [2.75, 3.05) is 13.2 Å². The number of nitrogens with zero attached hydrogens (tertiary/aromatic N) is 3. The van der Waals surface area contributed by atoms with E-state index in [0.717, 1.165) is 12.1 Å². The third kappa shape index (κ3) is 3.80. The maximum Gasteiger partial charge on any atom is 0.416 e. The number of amides is 1. The van der Waals surface area contributed by atoms with Gasteiger partial charge in [0, 0.05) is 19.2 Å². The zero-order chi connectivity index (χ0) is 20.6. The van der Waals surface area contributed by atoms with Crippen molar-refractivity contribution in [3.05, 3.63) is 75.8 Å². The molecular formula is C20H16F3N3O3. The molecular weight excluding hydrogens is 387 g/mol. The van der Waals surface area contributed by atoms with Gasteiger partial charge in [0.1, 0.15) is 11.4 Å². The third-order valence-electron chi connectivity index (χ3n) is 4.76. The van der Waals surface area contributed by atoms with Gasteiger partial charge in [0.05, 0.1) is 23.4 Å². The molecule has 3 heterocycles. The van der Waals surface area contributed by atoms with E-state index in [2.05, 4.69) is 4.98 Å². The molecule has 1 aromatic carbocycles. The van der Waals surface area contributed by atoms with Crippen LogP contribution in [0.4, 0.5) is 13.2 Å². The molecule has 0 spiro atoms. The van der Waals surface area contributed by atoms with E-state index in [1.165, 1.54) is 21.4 Å². The van der Waals surface area contributed by atoms with E-state index in [9.17, 15) is 22.8 Å². The van der Waals surface area contributed by atoms with Crippen molar-refractivity contribution in [1.82, 2.24) is 14.3 Å². The van der Waals surface area contributed by atoms with Gasteiger partial charge < -0.3 is 9.64 Å². The largest absolute Gasteiger partial charge is 0.484 e. The zero-order valence-corrected chi connectivity index (χ0v) is 15.1. The van der Waals surface area contributed by atoms with Crippen LogP contribution in [-0.4, -0.2) is 33.3 Å². The second-order valence-corrected chi connectivity index (χ2v) is 6.65. The SMILES string of the molecule is O=C(COc1cccc(C(F)(F)F)c1)N1CCc2nc3ccccn3c(=O)c2C1. The summed E-state index contributed by atoms with van der Waals surface area (Å²) in [6.45, 7) is 0.0238. The molecule has 3 aromatic rings. The molecule has 0 saturated heterocycles. The number of hydrogen-bond donors (Lipinski definition) is 0. The molecule has 0 bridgehead atoms. The molecule has 0 radical (unpaired) electrons. The topological polar surface area (TPSA) is 63.9 Å². The summed E-state index contributed by atoms with van der Waals surface area (Å²) in [4.78, 5) is 31.1. The van der Waals surface area contributed by atoms with Gasteiger partial charge in [-0.3, -0.25) is 14.0 Å². The fraction of sp³-hybridized carbons (Fsp3) is 0.250. The highest BCUT2D eigenvalue weighted by molar-refractivity contribution is 5.78. The molecule has 1 aliphatic heterocycles. The van der Waals surface area contributed by atoms with Crippen LogP contribution in [0.1, 0.15) is 16.8 Å². The van der Waals surface area contributed by atoms with E-state index in [0.29, 0.717) is 29.9 Å². The fourth-order valence-electron chi connectivity index (χ4n) is 3.26. The van der Waals surface area contributed by atoms with Crippen molar-refractivity contribution in [2.45, 2.75) is 19.1 Å². The molecule has 0 aliphatic carbocycles. The van der Waals surface area contributed by atoms with E-state index >= 15 is 0 Å². The summed E-state index contributed by atoms with van der Waals surface area (Å²) in [7, 11) is 0. The molecule has 1 aliphatic rings. The Balaban J connectivity index is 1.48. The van der Waals surface area contributed by atoms with Gasteiger partial charge in [-0.2, -0.15) is 13.2 Å². The number of pyridine rings is 1. The number of fused-ring (bicyclic) bond motifs is 2. The predicted molar refractivity (Wildman–Crippen MR) is 97.5 cm³/mol.